The van der Waals surface area contributed by atoms with E-state index in [9.17, 15) is 14.7 Å². The molecule has 1 N–H and O–H groups in total. The second-order valence-corrected chi connectivity index (χ2v) is 5.62. The molecule has 0 bridgehead atoms. The number of hydrogen-bond acceptors (Lipinski definition) is 6. The summed E-state index contributed by atoms with van der Waals surface area (Å²) in [5.74, 6) is -0.395. The number of aryl methyl sites for hydroxylation is 2. The molecule has 2 rings (SSSR count). The second-order valence-electron chi connectivity index (χ2n) is 4.68. The Bertz CT molecular complexity index is 701. The van der Waals surface area contributed by atoms with E-state index in [0.717, 1.165) is 4.88 Å². The molecule has 0 radical (unpaired) electrons. The molecule has 2 aromatic rings. The highest BCUT2D eigenvalue weighted by molar-refractivity contribution is 7.12. The van der Waals surface area contributed by atoms with Crippen LogP contribution in [0.25, 0.3) is 0 Å². The number of rotatable bonds is 6. The quantitative estimate of drug-likeness (QED) is 0.646. The number of carboxylic acid groups (broad SMARTS) is 1. The number of furan rings is 1. The van der Waals surface area contributed by atoms with Crippen molar-refractivity contribution in [2.45, 2.75) is 26.7 Å². The van der Waals surface area contributed by atoms with Gasteiger partial charge in [0.2, 0.25) is 0 Å². The van der Waals surface area contributed by atoms with E-state index in [1.54, 1.807) is 19.9 Å². The first-order valence-corrected chi connectivity index (χ1v) is 7.53. The molecule has 2 aromatic heterocycles. The fraction of sp³-hybridized carbons (Fsp3) is 0.267. The summed E-state index contributed by atoms with van der Waals surface area (Å²) < 4.78 is 5.30. The number of carbonyl (C=O) groups is 2. The normalized spacial score (nSPS) is 11.5. The molecule has 0 saturated heterocycles. The fourth-order valence-electron chi connectivity index (χ4n) is 1.93. The molecule has 0 unspecified atom stereocenters. The zero-order chi connectivity index (χ0) is 16.1. The number of amides is 1. The van der Waals surface area contributed by atoms with Gasteiger partial charge in [-0.3, -0.25) is 4.79 Å². The van der Waals surface area contributed by atoms with Crippen LogP contribution in [0.15, 0.2) is 33.1 Å². The lowest BCUT2D eigenvalue weighted by molar-refractivity contribution is -0.305. The lowest BCUT2D eigenvalue weighted by Crippen LogP contribution is -2.24. The van der Waals surface area contributed by atoms with Crippen molar-refractivity contribution in [3.8, 4) is 0 Å². The number of nitrogens with zero attached hydrogens (tertiary/aromatic N) is 1. The summed E-state index contributed by atoms with van der Waals surface area (Å²) in [4.78, 5) is 23.5. The standard InChI is InChI=1S/C15H16N2O4S/c1-9-8-11(10(2)21-9)15(20)17-16-12(5-6-14(18)19)13-4-3-7-22-13/h3-4,7-8H,5-6H2,1-2H3,(H,17,20)(H,18,19)/p-1/b16-12-. The van der Waals surface area contributed by atoms with Gasteiger partial charge in [-0.2, -0.15) is 5.10 Å². The molecule has 0 aliphatic heterocycles. The van der Waals surface area contributed by atoms with Crippen LogP contribution in [0.4, 0.5) is 0 Å². The predicted molar refractivity (Wildman–Crippen MR) is 80.7 cm³/mol. The van der Waals surface area contributed by atoms with E-state index in [2.05, 4.69) is 10.5 Å². The Morgan fingerprint density at radius 2 is 2.14 bits per heavy atom. The average molecular weight is 319 g/mol. The van der Waals surface area contributed by atoms with Crippen LogP contribution in [-0.2, 0) is 4.79 Å². The Kier molecular flexibility index (Phi) is 5.11. The largest absolute Gasteiger partial charge is 0.550 e. The summed E-state index contributed by atoms with van der Waals surface area (Å²) in [6, 6.07) is 5.28. The summed E-state index contributed by atoms with van der Waals surface area (Å²) in [7, 11) is 0. The van der Waals surface area contributed by atoms with Gasteiger partial charge in [-0.05, 0) is 44.2 Å². The van der Waals surface area contributed by atoms with Crippen LogP contribution in [0.2, 0.25) is 0 Å². The third-order valence-electron chi connectivity index (χ3n) is 2.95. The minimum absolute atomic E-state index is 0.156. The van der Waals surface area contributed by atoms with Crippen molar-refractivity contribution < 1.29 is 19.1 Å². The topological polar surface area (TPSA) is 94.7 Å². The smallest absolute Gasteiger partial charge is 0.274 e. The molecule has 0 aliphatic carbocycles. The zero-order valence-corrected chi connectivity index (χ0v) is 13.0. The molecule has 0 spiro atoms. The van der Waals surface area contributed by atoms with Crippen LogP contribution in [0.5, 0.6) is 0 Å². The molecule has 0 aliphatic rings. The van der Waals surface area contributed by atoms with Crippen molar-refractivity contribution in [3.05, 3.63) is 45.5 Å². The van der Waals surface area contributed by atoms with E-state index in [1.165, 1.54) is 11.3 Å². The van der Waals surface area contributed by atoms with Crippen molar-refractivity contribution in [1.82, 2.24) is 5.43 Å². The molecule has 0 atom stereocenters. The second kappa shape index (κ2) is 7.04. The van der Waals surface area contributed by atoms with E-state index in [1.807, 2.05) is 17.5 Å². The lowest BCUT2D eigenvalue weighted by Gasteiger charge is -2.06. The van der Waals surface area contributed by atoms with E-state index in [-0.39, 0.29) is 12.8 Å². The van der Waals surface area contributed by atoms with Crippen LogP contribution in [0.1, 0.15) is 39.6 Å². The number of hydrogen-bond donors (Lipinski definition) is 1. The van der Waals surface area contributed by atoms with Crippen molar-refractivity contribution in [3.63, 3.8) is 0 Å². The summed E-state index contributed by atoms with van der Waals surface area (Å²) in [6.07, 6.45) is 0.0307. The molecule has 22 heavy (non-hydrogen) atoms. The van der Waals surface area contributed by atoms with Gasteiger partial charge in [0.15, 0.2) is 0 Å². The van der Waals surface area contributed by atoms with Crippen LogP contribution in [0.3, 0.4) is 0 Å². The summed E-state index contributed by atoms with van der Waals surface area (Å²) in [5.41, 5.74) is 3.36. The summed E-state index contributed by atoms with van der Waals surface area (Å²) in [5, 5.41) is 16.5. The molecule has 0 fully saturated rings. The van der Waals surface area contributed by atoms with E-state index in [0.29, 0.717) is 22.8 Å². The molecule has 2 heterocycles. The number of hydrazone groups is 1. The molecular weight excluding hydrogens is 304 g/mol. The van der Waals surface area contributed by atoms with Gasteiger partial charge in [-0.1, -0.05) is 6.07 Å². The molecule has 6 nitrogen and oxygen atoms in total. The highest BCUT2D eigenvalue weighted by Gasteiger charge is 2.13. The molecule has 0 aromatic carbocycles. The van der Waals surface area contributed by atoms with Crippen molar-refractivity contribution >= 4 is 28.9 Å². The van der Waals surface area contributed by atoms with E-state index < -0.39 is 11.9 Å². The Hall–Kier alpha value is -2.41. The van der Waals surface area contributed by atoms with Crippen molar-refractivity contribution in [1.29, 1.82) is 0 Å². The average Bonchev–Trinajstić information content (AvgIpc) is 3.08. The Balaban J connectivity index is 2.13. The fourth-order valence-corrected chi connectivity index (χ4v) is 2.68. The highest BCUT2D eigenvalue weighted by Crippen LogP contribution is 2.15. The maximum atomic E-state index is 12.1. The van der Waals surface area contributed by atoms with Crippen LogP contribution in [0, 0.1) is 13.8 Å². The molecule has 116 valence electrons. The third kappa shape index (κ3) is 4.05. The van der Waals surface area contributed by atoms with Gasteiger partial charge >= 0.3 is 0 Å². The van der Waals surface area contributed by atoms with Gasteiger partial charge in [0, 0.05) is 5.97 Å². The Morgan fingerprint density at radius 3 is 2.68 bits per heavy atom. The van der Waals surface area contributed by atoms with Gasteiger partial charge in [-0.25, -0.2) is 5.43 Å². The minimum Gasteiger partial charge on any atom is -0.550 e. The van der Waals surface area contributed by atoms with Crippen LogP contribution in [-0.4, -0.2) is 17.6 Å². The number of carboxylic acids is 1. The third-order valence-corrected chi connectivity index (χ3v) is 3.87. The first-order chi connectivity index (χ1) is 10.5. The number of nitrogens with one attached hydrogen (secondary N) is 1. The number of aliphatic carboxylic acids is 1. The molecule has 0 saturated carbocycles. The first-order valence-electron chi connectivity index (χ1n) is 6.65. The van der Waals surface area contributed by atoms with E-state index in [4.69, 9.17) is 4.42 Å². The SMILES string of the molecule is Cc1cc(C(=O)N/N=C(/CCC(=O)[O-])c2cccs2)c(C)o1. The first kappa shape index (κ1) is 16.0. The zero-order valence-electron chi connectivity index (χ0n) is 12.2. The highest BCUT2D eigenvalue weighted by atomic mass is 32.1. The predicted octanol–water partition coefficient (Wildman–Crippen LogP) is 1.62. The number of thiophene rings is 1. The van der Waals surface area contributed by atoms with Gasteiger partial charge in [0.1, 0.15) is 11.5 Å². The van der Waals surface area contributed by atoms with E-state index >= 15 is 0 Å². The van der Waals surface area contributed by atoms with Crippen molar-refractivity contribution in [2.75, 3.05) is 0 Å². The lowest BCUT2D eigenvalue weighted by atomic mass is 10.2. The van der Waals surface area contributed by atoms with Gasteiger partial charge < -0.3 is 14.3 Å². The van der Waals surface area contributed by atoms with Crippen molar-refractivity contribution in [2.24, 2.45) is 5.10 Å². The Labute approximate surface area is 131 Å². The van der Waals surface area contributed by atoms with Gasteiger partial charge in [-0.15, -0.1) is 11.3 Å². The molecule has 7 heteroatoms. The maximum absolute atomic E-state index is 12.1. The summed E-state index contributed by atoms with van der Waals surface area (Å²) in [6.45, 7) is 3.45. The number of carbonyl (C=O) groups excluding carboxylic acids is 2. The van der Waals surface area contributed by atoms with Crippen LogP contribution >= 0.6 is 11.3 Å². The monoisotopic (exact) mass is 319 g/mol. The van der Waals surface area contributed by atoms with Crippen LogP contribution < -0.4 is 10.5 Å². The Morgan fingerprint density at radius 1 is 1.36 bits per heavy atom. The van der Waals surface area contributed by atoms with Gasteiger partial charge in [0.05, 0.1) is 16.2 Å². The molecular formula is C15H15N2O4S-. The molecule has 1 amide bonds. The summed E-state index contributed by atoms with van der Waals surface area (Å²) >= 11 is 1.42. The van der Waals surface area contributed by atoms with Gasteiger partial charge in [0.25, 0.3) is 5.91 Å². The maximum Gasteiger partial charge on any atom is 0.274 e. The minimum atomic E-state index is -1.16.